The van der Waals surface area contributed by atoms with Crippen LogP contribution in [-0.4, -0.2) is 41.3 Å². The molecule has 0 atom stereocenters. The van der Waals surface area contributed by atoms with Crippen molar-refractivity contribution >= 4 is 11.9 Å². The first-order chi connectivity index (χ1) is 13.2. The highest BCUT2D eigenvalue weighted by Crippen LogP contribution is 2.37. The summed E-state index contributed by atoms with van der Waals surface area (Å²) >= 11 is 0. The van der Waals surface area contributed by atoms with Gasteiger partial charge < -0.3 is 14.7 Å². The zero-order valence-electron chi connectivity index (χ0n) is 14.8. The number of carbonyl (C=O) groups excluding carboxylic acids is 1. The van der Waals surface area contributed by atoms with Crippen LogP contribution in [0.15, 0.2) is 54.6 Å². The Labute approximate surface area is 159 Å². The summed E-state index contributed by atoms with van der Waals surface area (Å²) in [6, 6.07) is 13.9. The van der Waals surface area contributed by atoms with E-state index in [0.717, 1.165) is 6.07 Å². The van der Waals surface area contributed by atoms with Crippen molar-refractivity contribution in [3.05, 3.63) is 65.7 Å². The van der Waals surface area contributed by atoms with Crippen molar-refractivity contribution in [2.45, 2.75) is 24.6 Å². The van der Waals surface area contributed by atoms with Gasteiger partial charge >= 0.3 is 12.3 Å². The minimum absolute atomic E-state index is 0.111. The molecule has 0 bridgehead atoms. The van der Waals surface area contributed by atoms with Crippen LogP contribution in [0.25, 0.3) is 0 Å². The maximum Gasteiger partial charge on any atom is 0.573 e. The third-order valence-corrected chi connectivity index (χ3v) is 4.98. The van der Waals surface area contributed by atoms with E-state index in [-0.39, 0.29) is 31.5 Å². The smallest absolute Gasteiger partial charge is 0.481 e. The zero-order valence-corrected chi connectivity index (χ0v) is 14.8. The molecule has 148 valence electrons. The highest BCUT2D eigenvalue weighted by Gasteiger charge is 2.44. The number of carbonyl (C=O) groups is 2. The molecule has 5 nitrogen and oxygen atoms in total. The SMILES string of the molecule is O=C(c1ccccc1OC(F)(F)F)N1CCC(C(=O)O)(c2ccccc2)CC1. The molecule has 3 rings (SSSR count). The molecule has 1 aliphatic heterocycles. The number of carboxylic acids is 1. The van der Waals surface area contributed by atoms with Crippen LogP contribution < -0.4 is 4.74 Å². The van der Waals surface area contributed by atoms with E-state index in [0.29, 0.717) is 5.56 Å². The quantitative estimate of drug-likeness (QED) is 0.857. The number of nitrogens with zero attached hydrogens (tertiary/aromatic N) is 1. The molecule has 0 unspecified atom stereocenters. The standard InChI is InChI=1S/C20H18F3NO4/c21-20(22,23)28-16-9-5-4-8-15(16)17(25)24-12-10-19(11-13-24,18(26)27)14-6-2-1-3-7-14/h1-9H,10-13H2,(H,26,27). The van der Waals surface area contributed by atoms with Crippen LogP contribution in [0.4, 0.5) is 13.2 Å². The summed E-state index contributed by atoms with van der Waals surface area (Å²) in [4.78, 5) is 26.1. The number of aliphatic carboxylic acids is 1. The van der Waals surface area contributed by atoms with Gasteiger partial charge in [0.25, 0.3) is 5.91 Å². The van der Waals surface area contributed by atoms with E-state index in [1.807, 2.05) is 0 Å². The molecule has 28 heavy (non-hydrogen) atoms. The minimum atomic E-state index is -4.91. The summed E-state index contributed by atoms with van der Waals surface area (Å²) in [5, 5.41) is 9.81. The number of halogens is 3. The molecular weight excluding hydrogens is 375 g/mol. The molecule has 1 fully saturated rings. The molecule has 0 radical (unpaired) electrons. The van der Waals surface area contributed by atoms with E-state index in [9.17, 15) is 27.9 Å². The first-order valence-electron chi connectivity index (χ1n) is 8.66. The van der Waals surface area contributed by atoms with Crippen LogP contribution in [0.5, 0.6) is 5.75 Å². The van der Waals surface area contributed by atoms with Crippen molar-refractivity contribution in [2.75, 3.05) is 13.1 Å². The number of hydrogen-bond acceptors (Lipinski definition) is 3. The fourth-order valence-electron chi connectivity index (χ4n) is 3.50. The fourth-order valence-corrected chi connectivity index (χ4v) is 3.50. The summed E-state index contributed by atoms with van der Waals surface area (Å²) in [7, 11) is 0. The lowest BCUT2D eigenvalue weighted by molar-refractivity contribution is -0.274. The van der Waals surface area contributed by atoms with Gasteiger partial charge in [0.2, 0.25) is 0 Å². The fraction of sp³-hybridized carbons (Fsp3) is 0.300. The molecule has 0 saturated carbocycles. The average molecular weight is 393 g/mol. The number of likely N-dealkylation sites (tertiary alicyclic amines) is 1. The summed E-state index contributed by atoms with van der Waals surface area (Å²) in [6.07, 6.45) is -4.58. The Hall–Kier alpha value is -3.03. The normalized spacial score (nSPS) is 16.5. The lowest BCUT2D eigenvalue weighted by Crippen LogP contribution is -2.49. The second-order valence-corrected chi connectivity index (χ2v) is 6.59. The Balaban J connectivity index is 1.80. The van der Waals surface area contributed by atoms with Gasteiger partial charge in [0.15, 0.2) is 0 Å². The minimum Gasteiger partial charge on any atom is -0.481 e. The Morgan fingerprint density at radius 1 is 0.964 bits per heavy atom. The van der Waals surface area contributed by atoms with Gasteiger partial charge in [-0.3, -0.25) is 9.59 Å². The van der Waals surface area contributed by atoms with Gasteiger partial charge in [0.1, 0.15) is 5.75 Å². The molecule has 1 heterocycles. The van der Waals surface area contributed by atoms with Crippen LogP contribution in [0, 0.1) is 0 Å². The van der Waals surface area contributed by atoms with Crippen molar-refractivity contribution in [1.82, 2.24) is 4.90 Å². The lowest BCUT2D eigenvalue weighted by Gasteiger charge is -2.39. The highest BCUT2D eigenvalue weighted by atomic mass is 19.4. The van der Waals surface area contributed by atoms with E-state index < -0.39 is 29.4 Å². The first kappa shape index (κ1) is 19.7. The van der Waals surface area contributed by atoms with E-state index in [2.05, 4.69) is 4.74 Å². The van der Waals surface area contributed by atoms with Crippen LogP contribution >= 0.6 is 0 Å². The predicted molar refractivity (Wildman–Crippen MR) is 94.0 cm³/mol. The molecule has 1 amide bonds. The Morgan fingerprint density at radius 3 is 2.11 bits per heavy atom. The van der Waals surface area contributed by atoms with Crippen LogP contribution in [0.2, 0.25) is 0 Å². The summed E-state index contributed by atoms with van der Waals surface area (Å²) < 4.78 is 41.7. The Bertz CT molecular complexity index is 859. The molecule has 1 aliphatic rings. The molecule has 8 heteroatoms. The van der Waals surface area contributed by atoms with Gasteiger partial charge in [0.05, 0.1) is 11.0 Å². The number of para-hydroxylation sites is 1. The molecular formula is C20H18F3NO4. The number of benzene rings is 2. The topological polar surface area (TPSA) is 66.8 Å². The molecule has 0 aromatic heterocycles. The third kappa shape index (κ3) is 3.95. The third-order valence-electron chi connectivity index (χ3n) is 4.98. The highest BCUT2D eigenvalue weighted by molar-refractivity contribution is 5.97. The lowest BCUT2D eigenvalue weighted by atomic mass is 9.72. The van der Waals surface area contributed by atoms with E-state index >= 15 is 0 Å². The van der Waals surface area contributed by atoms with Crippen molar-refractivity contribution < 1.29 is 32.6 Å². The number of ether oxygens (including phenoxy) is 1. The molecule has 2 aromatic carbocycles. The van der Waals surface area contributed by atoms with Crippen LogP contribution in [-0.2, 0) is 10.2 Å². The first-order valence-corrected chi connectivity index (χ1v) is 8.66. The van der Waals surface area contributed by atoms with Crippen molar-refractivity contribution in [3.63, 3.8) is 0 Å². The number of alkyl halides is 3. The van der Waals surface area contributed by atoms with Gasteiger partial charge in [-0.15, -0.1) is 13.2 Å². The van der Waals surface area contributed by atoms with Crippen LogP contribution in [0.1, 0.15) is 28.8 Å². The Morgan fingerprint density at radius 2 is 1.54 bits per heavy atom. The van der Waals surface area contributed by atoms with Gasteiger partial charge in [-0.05, 0) is 30.5 Å². The summed E-state index contributed by atoms with van der Waals surface area (Å²) in [5.74, 6) is -2.17. The number of amides is 1. The van der Waals surface area contributed by atoms with Gasteiger partial charge in [-0.1, -0.05) is 42.5 Å². The number of piperidine rings is 1. The van der Waals surface area contributed by atoms with E-state index in [4.69, 9.17) is 0 Å². The molecule has 2 aromatic rings. The molecule has 1 N–H and O–H groups in total. The second kappa shape index (κ2) is 7.53. The summed E-state index contributed by atoms with van der Waals surface area (Å²) in [5.41, 5.74) is -0.683. The van der Waals surface area contributed by atoms with Crippen LogP contribution in [0.3, 0.4) is 0 Å². The van der Waals surface area contributed by atoms with E-state index in [1.54, 1.807) is 30.3 Å². The maximum atomic E-state index is 12.8. The predicted octanol–water partition coefficient (Wildman–Crippen LogP) is 3.84. The van der Waals surface area contributed by atoms with Crippen molar-refractivity contribution in [2.24, 2.45) is 0 Å². The average Bonchev–Trinajstić information content (AvgIpc) is 2.67. The molecule has 1 saturated heterocycles. The number of hydrogen-bond donors (Lipinski definition) is 1. The monoisotopic (exact) mass is 393 g/mol. The second-order valence-electron chi connectivity index (χ2n) is 6.59. The van der Waals surface area contributed by atoms with E-state index in [1.165, 1.54) is 23.1 Å². The van der Waals surface area contributed by atoms with Crippen molar-refractivity contribution in [1.29, 1.82) is 0 Å². The molecule has 0 aliphatic carbocycles. The number of carboxylic acid groups (broad SMARTS) is 1. The zero-order chi connectivity index (χ0) is 20.4. The largest absolute Gasteiger partial charge is 0.573 e. The maximum absolute atomic E-state index is 12.8. The van der Waals surface area contributed by atoms with Crippen molar-refractivity contribution in [3.8, 4) is 5.75 Å². The Kier molecular flexibility index (Phi) is 5.31. The number of rotatable bonds is 4. The molecule has 0 spiro atoms. The van der Waals surface area contributed by atoms with Gasteiger partial charge in [0, 0.05) is 13.1 Å². The van der Waals surface area contributed by atoms with Gasteiger partial charge in [-0.25, -0.2) is 0 Å². The summed E-state index contributed by atoms with van der Waals surface area (Å²) in [6.45, 7) is 0.223. The van der Waals surface area contributed by atoms with Gasteiger partial charge in [-0.2, -0.15) is 0 Å².